The smallest absolute Gasteiger partial charge is 0.176 e. The Bertz CT molecular complexity index is 352. The Morgan fingerprint density at radius 3 is 2.53 bits per heavy atom. The summed E-state index contributed by atoms with van der Waals surface area (Å²) in [4.78, 5) is 16.4. The van der Waals surface area contributed by atoms with Gasteiger partial charge in [-0.15, -0.1) is 0 Å². The zero-order chi connectivity index (χ0) is 13.2. The van der Waals surface area contributed by atoms with Crippen LogP contribution in [0.3, 0.4) is 0 Å². The minimum Gasteiger partial charge on any atom is -0.293 e. The van der Waals surface area contributed by atoms with Crippen LogP contribution in [0.25, 0.3) is 0 Å². The normalized spacial score (nSPS) is 24.6. The van der Waals surface area contributed by atoms with E-state index in [1.54, 1.807) is 0 Å². The second-order valence-corrected chi connectivity index (χ2v) is 11.8. The van der Waals surface area contributed by atoms with Crippen molar-refractivity contribution in [3.8, 4) is 0 Å². The molecule has 0 spiro atoms. The zero-order valence-electron chi connectivity index (χ0n) is 11.8. The molecule has 1 aliphatic heterocycles. The van der Waals surface area contributed by atoms with Crippen LogP contribution >= 0.6 is 0 Å². The molecule has 1 heterocycles. The number of ketones is 1. The van der Waals surface area contributed by atoms with Gasteiger partial charge < -0.3 is 0 Å². The van der Waals surface area contributed by atoms with Gasteiger partial charge in [0.2, 0.25) is 0 Å². The fourth-order valence-corrected chi connectivity index (χ4v) is 4.05. The van der Waals surface area contributed by atoms with E-state index in [4.69, 9.17) is 0 Å². The molecular weight excluding hydrogens is 226 g/mol. The van der Waals surface area contributed by atoms with E-state index in [1.165, 1.54) is 5.57 Å². The van der Waals surface area contributed by atoms with E-state index in [2.05, 4.69) is 38.1 Å². The first kappa shape index (κ1) is 14.4. The van der Waals surface area contributed by atoms with E-state index in [0.29, 0.717) is 6.42 Å². The van der Waals surface area contributed by atoms with E-state index in [1.807, 2.05) is 6.92 Å². The summed E-state index contributed by atoms with van der Waals surface area (Å²) in [7, 11) is -1.15. The molecule has 0 aliphatic carbocycles. The second kappa shape index (κ2) is 5.30. The Kier molecular flexibility index (Phi) is 4.47. The number of Topliss-reactive ketones (excluding diaryl/α,β-unsaturated/α-hetero) is 1. The van der Waals surface area contributed by atoms with Crippen LogP contribution in [0.1, 0.15) is 26.7 Å². The van der Waals surface area contributed by atoms with Crippen molar-refractivity contribution in [3.05, 3.63) is 12.2 Å². The SMILES string of the molecule is C=C(C[Si](C)(C)C)[C@@H]1C[C@H](C)N=C1C(=O)CC. The fraction of sp³-hybridized carbons (Fsp3) is 0.714. The van der Waals surface area contributed by atoms with Gasteiger partial charge in [0.25, 0.3) is 0 Å². The maximum absolute atomic E-state index is 11.9. The summed E-state index contributed by atoms with van der Waals surface area (Å²) in [5.41, 5.74) is 2.03. The van der Waals surface area contributed by atoms with Crippen LogP contribution in [0.15, 0.2) is 17.1 Å². The maximum Gasteiger partial charge on any atom is 0.176 e. The highest BCUT2D eigenvalue weighted by atomic mass is 28.3. The minimum absolute atomic E-state index is 0.205. The molecule has 0 aromatic carbocycles. The number of nitrogens with zero attached hydrogens (tertiary/aromatic N) is 1. The third kappa shape index (κ3) is 3.91. The van der Waals surface area contributed by atoms with Crippen molar-refractivity contribution in [1.82, 2.24) is 0 Å². The van der Waals surface area contributed by atoms with Crippen molar-refractivity contribution in [2.45, 2.75) is 58.4 Å². The summed E-state index contributed by atoms with van der Waals surface area (Å²) in [6.45, 7) is 15.2. The molecule has 0 radical (unpaired) electrons. The average molecular weight is 251 g/mol. The molecule has 1 rings (SSSR count). The van der Waals surface area contributed by atoms with Gasteiger partial charge in [0, 0.05) is 26.5 Å². The summed E-state index contributed by atoms with van der Waals surface area (Å²) in [6.07, 6.45) is 1.53. The van der Waals surface area contributed by atoms with E-state index in [-0.39, 0.29) is 17.7 Å². The average Bonchev–Trinajstić information content (AvgIpc) is 2.56. The van der Waals surface area contributed by atoms with Crippen LogP contribution < -0.4 is 0 Å². The van der Waals surface area contributed by atoms with Crippen molar-refractivity contribution in [2.75, 3.05) is 0 Å². The number of carbonyl (C=O) groups excluding carboxylic acids is 1. The molecule has 0 fully saturated rings. The van der Waals surface area contributed by atoms with Gasteiger partial charge in [-0.3, -0.25) is 9.79 Å². The van der Waals surface area contributed by atoms with Crippen LogP contribution in [-0.4, -0.2) is 25.6 Å². The quantitative estimate of drug-likeness (QED) is 0.541. The van der Waals surface area contributed by atoms with Crippen LogP contribution in [-0.2, 0) is 4.79 Å². The Labute approximate surface area is 106 Å². The zero-order valence-corrected chi connectivity index (χ0v) is 12.8. The molecule has 0 aromatic rings. The van der Waals surface area contributed by atoms with E-state index in [0.717, 1.165) is 18.2 Å². The van der Waals surface area contributed by atoms with Crippen molar-refractivity contribution < 1.29 is 4.79 Å². The molecule has 3 heteroatoms. The standard InChI is InChI=1S/C14H25NOSi/c1-7-13(16)14-12(8-11(3)15-14)10(2)9-17(4,5)6/h11-12H,2,7-9H2,1,3-6H3/t11-,12-/m0/s1. The highest BCUT2D eigenvalue weighted by molar-refractivity contribution is 6.76. The molecule has 0 unspecified atom stereocenters. The molecule has 0 amide bonds. The van der Waals surface area contributed by atoms with Crippen LogP contribution in [0.5, 0.6) is 0 Å². The van der Waals surface area contributed by atoms with Crippen molar-refractivity contribution in [1.29, 1.82) is 0 Å². The van der Waals surface area contributed by atoms with Gasteiger partial charge in [-0.1, -0.05) is 38.7 Å². The fourth-order valence-electron chi connectivity index (χ4n) is 2.44. The molecule has 0 saturated heterocycles. The molecule has 96 valence electrons. The molecule has 0 aromatic heterocycles. The third-order valence-corrected chi connectivity index (χ3v) is 4.64. The monoisotopic (exact) mass is 251 g/mol. The van der Waals surface area contributed by atoms with Gasteiger partial charge in [-0.25, -0.2) is 0 Å². The number of aliphatic imine (C=N–C) groups is 1. The van der Waals surface area contributed by atoms with E-state index >= 15 is 0 Å². The number of allylic oxidation sites excluding steroid dienone is 1. The highest BCUT2D eigenvalue weighted by Gasteiger charge is 2.32. The first-order valence-electron chi connectivity index (χ1n) is 6.53. The molecule has 2 atom stereocenters. The van der Waals surface area contributed by atoms with Crippen molar-refractivity contribution in [2.24, 2.45) is 10.9 Å². The topological polar surface area (TPSA) is 29.4 Å². The summed E-state index contributed by atoms with van der Waals surface area (Å²) >= 11 is 0. The van der Waals surface area contributed by atoms with Gasteiger partial charge in [0.05, 0.1) is 5.71 Å². The molecule has 17 heavy (non-hydrogen) atoms. The Balaban J connectivity index is 2.81. The molecule has 0 saturated carbocycles. The summed E-state index contributed by atoms with van der Waals surface area (Å²) in [5.74, 6) is 0.431. The predicted octanol–water partition coefficient (Wildman–Crippen LogP) is 3.71. The number of hydrogen-bond donors (Lipinski definition) is 0. The molecule has 1 aliphatic rings. The Morgan fingerprint density at radius 2 is 2.06 bits per heavy atom. The Hall–Kier alpha value is -0.703. The van der Waals surface area contributed by atoms with E-state index < -0.39 is 8.07 Å². The summed E-state index contributed by atoms with van der Waals surface area (Å²) in [6, 6.07) is 1.38. The lowest BCUT2D eigenvalue weighted by atomic mass is 9.90. The predicted molar refractivity (Wildman–Crippen MR) is 77.6 cm³/mol. The summed E-state index contributed by atoms with van der Waals surface area (Å²) in [5, 5.41) is 0. The molecular formula is C14H25NOSi. The van der Waals surface area contributed by atoms with E-state index in [9.17, 15) is 4.79 Å². The first-order valence-corrected chi connectivity index (χ1v) is 10.2. The van der Waals surface area contributed by atoms with Gasteiger partial charge in [-0.05, 0) is 19.4 Å². The summed E-state index contributed by atoms with van der Waals surface area (Å²) < 4.78 is 0. The van der Waals surface area contributed by atoms with Gasteiger partial charge >= 0.3 is 0 Å². The maximum atomic E-state index is 11.9. The highest BCUT2D eigenvalue weighted by Crippen LogP contribution is 2.31. The van der Waals surface area contributed by atoms with Gasteiger partial charge in [0.1, 0.15) is 0 Å². The molecule has 0 N–H and O–H groups in total. The number of hydrogen-bond acceptors (Lipinski definition) is 2. The van der Waals surface area contributed by atoms with Crippen LogP contribution in [0.4, 0.5) is 0 Å². The second-order valence-electron chi connectivity index (χ2n) is 6.32. The lowest BCUT2D eigenvalue weighted by molar-refractivity contribution is -0.112. The van der Waals surface area contributed by atoms with Gasteiger partial charge in [-0.2, -0.15) is 0 Å². The number of rotatable bonds is 5. The Morgan fingerprint density at radius 1 is 1.47 bits per heavy atom. The number of carbonyl (C=O) groups is 1. The van der Waals surface area contributed by atoms with Crippen molar-refractivity contribution in [3.63, 3.8) is 0 Å². The largest absolute Gasteiger partial charge is 0.293 e. The molecule has 0 bridgehead atoms. The van der Waals surface area contributed by atoms with Crippen LogP contribution in [0, 0.1) is 5.92 Å². The lowest BCUT2D eigenvalue weighted by Gasteiger charge is -2.22. The third-order valence-electron chi connectivity index (χ3n) is 3.12. The minimum atomic E-state index is -1.15. The van der Waals surface area contributed by atoms with Crippen LogP contribution in [0.2, 0.25) is 25.7 Å². The van der Waals surface area contributed by atoms with Gasteiger partial charge in [0.15, 0.2) is 5.78 Å². The molecule has 2 nitrogen and oxygen atoms in total. The van der Waals surface area contributed by atoms with Crippen molar-refractivity contribution >= 4 is 19.6 Å². The first-order chi connectivity index (χ1) is 7.74. The lowest BCUT2D eigenvalue weighted by Crippen LogP contribution is -2.27.